The number of hydrogen-bond acceptors (Lipinski definition) is 2. The summed E-state index contributed by atoms with van der Waals surface area (Å²) in [7, 11) is 0. The first-order valence-electron chi connectivity index (χ1n) is 4.61. The quantitative estimate of drug-likeness (QED) is 0.593. The van der Waals surface area contributed by atoms with E-state index >= 15 is 0 Å². The van der Waals surface area contributed by atoms with E-state index in [4.69, 9.17) is 0 Å². The lowest BCUT2D eigenvalue weighted by atomic mass is 9.44. The van der Waals surface area contributed by atoms with Crippen LogP contribution in [0, 0.1) is 17.3 Å². The summed E-state index contributed by atoms with van der Waals surface area (Å²) in [5, 5.41) is 9.97. The van der Waals surface area contributed by atoms with Crippen LogP contribution in [0.5, 0.6) is 0 Å². The molecular weight excluding hydrogens is 152 g/mol. The first-order chi connectivity index (χ1) is 5.36. The van der Waals surface area contributed by atoms with Crippen LogP contribution in [0.25, 0.3) is 0 Å². The van der Waals surface area contributed by atoms with Crippen molar-refractivity contribution in [1.29, 1.82) is 0 Å². The molecule has 0 aromatic carbocycles. The summed E-state index contributed by atoms with van der Waals surface area (Å²) in [6.07, 6.45) is 1.27. The molecule has 2 nitrogen and oxygen atoms in total. The highest BCUT2D eigenvalue weighted by Crippen LogP contribution is 2.61. The number of aliphatic hydroxyl groups is 1. The second-order valence-corrected chi connectivity index (χ2v) is 5.16. The van der Waals surface area contributed by atoms with Crippen molar-refractivity contribution >= 4 is 5.78 Å². The minimum atomic E-state index is -0.741. The SMILES string of the molecule is CC1(O)CC(=O)C2CC1C2(C)C. The largest absolute Gasteiger partial charge is 0.389 e. The average molecular weight is 168 g/mol. The Morgan fingerprint density at radius 3 is 2.33 bits per heavy atom. The average Bonchev–Trinajstić information content (AvgIpc) is 1.81. The fraction of sp³-hybridized carbons (Fsp3) is 0.900. The number of Topliss-reactive ketones (excluding diaryl/α,β-unsaturated/α-hetero) is 1. The lowest BCUT2D eigenvalue weighted by Gasteiger charge is -2.61. The van der Waals surface area contributed by atoms with Crippen molar-refractivity contribution in [1.82, 2.24) is 0 Å². The lowest BCUT2D eigenvalue weighted by molar-refractivity contribution is -0.194. The third-order valence-electron chi connectivity index (χ3n) is 3.94. The maximum absolute atomic E-state index is 11.5. The molecule has 68 valence electrons. The molecule has 3 aliphatic carbocycles. The fourth-order valence-corrected chi connectivity index (χ4v) is 3.13. The van der Waals surface area contributed by atoms with Gasteiger partial charge in [-0.2, -0.15) is 0 Å². The molecule has 0 aliphatic heterocycles. The molecule has 12 heavy (non-hydrogen) atoms. The number of hydrogen-bond donors (Lipinski definition) is 1. The van der Waals surface area contributed by atoms with E-state index in [1.807, 2.05) is 0 Å². The van der Waals surface area contributed by atoms with E-state index in [-0.39, 0.29) is 17.1 Å². The molecule has 3 atom stereocenters. The predicted molar refractivity (Wildman–Crippen MR) is 45.6 cm³/mol. The molecule has 1 N–H and O–H groups in total. The van der Waals surface area contributed by atoms with E-state index in [0.29, 0.717) is 12.3 Å². The van der Waals surface area contributed by atoms with Gasteiger partial charge in [0.2, 0.25) is 0 Å². The summed E-state index contributed by atoms with van der Waals surface area (Å²) in [6, 6.07) is 0. The van der Waals surface area contributed by atoms with Gasteiger partial charge in [-0.05, 0) is 24.7 Å². The summed E-state index contributed by atoms with van der Waals surface area (Å²) in [5.74, 6) is 0.808. The lowest BCUT2D eigenvalue weighted by Crippen LogP contribution is -2.64. The molecule has 3 aliphatic rings. The van der Waals surface area contributed by atoms with E-state index in [0.717, 1.165) is 6.42 Å². The molecule has 2 heteroatoms. The monoisotopic (exact) mass is 168 g/mol. The van der Waals surface area contributed by atoms with Crippen LogP contribution >= 0.6 is 0 Å². The van der Waals surface area contributed by atoms with E-state index in [1.165, 1.54) is 0 Å². The predicted octanol–water partition coefficient (Wildman–Crippen LogP) is 1.37. The molecule has 3 fully saturated rings. The van der Waals surface area contributed by atoms with Crippen molar-refractivity contribution < 1.29 is 9.90 Å². The topological polar surface area (TPSA) is 37.3 Å². The molecule has 0 heterocycles. The van der Waals surface area contributed by atoms with Gasteiger partial charge in [0.15, 0.2) is 0 Å². The van der Waals surface area contributed by atoms with Crippen molar-refractivity contribution in [2.75, 3.05) is 0 Å². The summed E-state index contributed by atoms with van der Waals surface area (Å²) in [6.45, 7) is 5.99. The van der Waals surface area contributed by atoms with Gasteiger partial charge in [-0.15, -0.1) is 0 Å². The van der Waals surface area contributed by atoms with Gasteiger partial charge in [0, 0.05) is 12.3 Å². The Bertz CT molecular complexity index is 232. The highest BCUT2D eigenvalue weighted by Gasteiger charge is 2.62. The first kappa shape index (κ1) is 8.24. The fourth-order valence-electron chi connectivity index (χ4n) is 3.13. The van der Waals surface area contributed by atoms with Crippen LogP contribution in [-0.4, -0.2) is 16.5 Å². The Balaban J connectivity index is 2.34. The second kappa shape index (κ2) is 1.92. The number of ketones is 1. The molecule has 0 aromatic rings. The second-order valence-electron chi connectivity index (χ2n) is 5.16. The van der Waals surface area contributed by atoms with Crippen LogP contribution in [-0.2, 0) is 4.79 Å². The molecule has 0 amide bonds. The molecule has 3 unspecified atom stereocenters. The Kier molecular flexibility index (Phi) is 1.32. The van der Waals surface area contributed by atoms with E-state index in [1.54, 1.807) is 6.92 Å². The van der Waals surface area contributed by atoms with Gasteiger partial charge in [0.1, 0.15) is 5.78 Å². The maximum atomic E-state index is 11.5. The molecule has 0 spiro atoms. The smallest absolute Gasteiger partial charge is 0.139 e. The van der Waals surface area contributed by atoms with Crippen molar-refractivity contribution in [2.24, 2.45) is 17.3 Å². The van der Waals surface area contributed by atoms with Crippen LogP contribution < -0.4 is 0 Å². The number of carbonyl (C=O) groups excluding carboxylic acids is 1. The van der Waals surface area contributed by atoms with Gasteiger partial charge in [-0.3, -0.25) is 4.79 Å². The normalized spacial score (nSPS) is 50.2. The zero-order valence-electron chi connectivity index (χ0n) is 7.92. The number of rotatable bonds is 0. The van der Waals surface area contributed by atoms with E-state index in [2.05, 4.69) is 13.8 Å². The van der Waals surface area contributed by atoms with Crippen molar-refractivity contribution in [3.8, 4) is 0 Å². The third-order valence-corrected chi connectivity index (χ3v) is 3.94. The van der Waals surface area contributed by atoms with Crippen LogP contribution in [0.15, 0.2) is 0 Å². The Labute approximate surface area is 73.0 Å². The van der Waals surface area contributed by atoms with Crippen molar-refractivity contribution in [3.63, 3.8) is 0 Å². The minimum Gasteiger partial charge on any atom is -0.389 e. The number of fused-ring (bicyclic) bond motifs is 2. The van der Waals surface area contributed by atoms with Crippen molar-refractivity contribution in [2.45, 2.75) is 39.2 Å². The molecule has 0 saturated heterocycles. The minimum absolute atomic E-state index is 0.0405. The van der Waals surface area contributed by atoms with Crippen LogP contribution in [0.4, 0.5) is 0 Å². The van der Waals surface area contributed by atoms with Crippen molar-refractivity contribution in [3.05, 3.63) is 0 Å². The van der Waals surface area contributed by atoms with Gasteiger partial charge in [-0.25, -0.2) is 0 Å². The third kappa shape index (κ3) is 0.764. The Hall–Kier alpha value is -0.370. The zero-order chi connectivity index (χ0) is 9.15. The highest BCUT2D eigenvalue weighted by atomic mass is 16.3. The van der Waals surface area contributed by atoms with Gasteiger partial charge in [-0.1, -0.05) is 13.8 Å². The highest BCUT2D eigenvalue weighted by molar-refractivity contribution is 5.85. The van der Waals surface area contributed by atoms with E-state index < -0.39 is 5.60 Å². The maximum Gasteiger partial charge on any atom is 0.139 e. The number of carbonyl (C=O) groups is 1. The van der Waals surface area contributed by atoms with Gasteiger partial charge >= 0.3 is 0 Å². The summed E-state index contributed by atoms with van der Waals surface area (Å²) < 4.78 is 0. The van der Waals surface area contributed by atoms with E-state index in [9.17, 15) is 9.90 Å². The first-order valence-corrected chi connectivity index (χ1v) is 4.61. The van der Waals surface area contributed by atoms with Crippen LogP contribution in [0.1, 0.15) is 33.6 Å². The Morgan fingerprint density at radius 1 is 1.42 bits per heavy atom. The summed E-state index contributed by atoms with van der Waals surface area (Å²) >= 11 is 0. The van der Waals surface area contributed by atoms with Crippen LogP contribution in [0.3, 0.4) is 0 Å². The zero-order valence-corrected chi connectivity index (χ0v) is 7.92. The standard InChI is InChI=1S/C10H16O2/c1-9(2)6-4-8(9)10(3,12)5-7(6)11/h6,8,12H,4-5H2,1-3H3. The van der Waals surface area contributed by atoms with Gasteiger partial charge in [0.25, 0.3) is 0 Å². The van der Waals surface area contributed by atoms with Gasteiger partial charge < -0.3 is 5.11 Å². The molecule has 3 saturated carbocycles. The molecule has 0 radical (unpaired) electrons. The van der Waals surface area contributed by atoms with Crippen LogP contribution in [0.2, 0.25) is 0 Å². The Morgan fingerprint density at radius 2 is 2.00 bits per heavy atom. The van der Waals surface area contributed by atoms with Gasteiger partial charge in [0.05, 0.1) is 5.60 Å². The molecule has 0 aromatic heterocycles. The summed E-state index contributed by atoms with van der Waals surface area (Å²) in [4.78, 5) is 11.5. The molecule has 3 rings (SSSR count). The summed E-state index contributed by atoms with van der Waals surface area (Å²) in [5.41, 5.74) is -0.700. The molecular formula is C10H16O2. The molecule has 2 bridgehead atoms.